The van der Waals surface area contributed by atoms with E-state index >= 15 is 0 Å². The molecule has 0 atom stereocenters. The van der Waals surface area contributed by atoms with Crippen LogP contribution in [0, 0.1) is 0 Å². The Morgan fingerprint density at radius 1 is 1.42 bits per heavy atom. The van der Waals surface area contributed by atoms with E-state index in [1.807, 2.05) is 2.93 Å². The van der Waals surface area contributed by atoms with Gasteiger partial charge in [0.15, 0.2) is 0 Å². The Morgan fingerprint density at radius 3 is 2.42 bits per heavy atom. The summed E-state index contributed by atoms with van der Waals surface area (Å²) in [6.07, 6.45) is 2.21. The number of urea groups is 1. The minimum atomic E-state index is 0.119. The Balaban J connectivity index is 3.54. The van der Waals surface area contributed by atoms with Crippen molar-refractivity contribution in [3.05, 3.63) is 0 Å². The SMILES string of the molecule is CCCCNC(=O)N([Se]C)[Se]C. The number of amides is 2. The molecule has 0 fully saturated rings. The first-order chi connectivity index (χ1) is 5.76. The van der Waals surface area contributed by atoms with Gasteiger partial charge in [-0.3, -0.25) is 0 Å². The van der Waals surface area contributed by atoms with Gasteiger partial charge in [0.1, 0.15) is 0 Å². The van der Waals surface area contributed by atoms with E-state index in [2.05, 4.69) is 23.9 Å². The average Bonchev–Trinajstić information content (AvgIpc) is 2.07. The van der Waals surface area contributed by atoms with Crippen LogP contribution in [0.15, 0.2) is 0 Å². The molecular weight excluding hydrogens is 286 g/mol. The molecule has 0 bridgehead atoms. The van der Waals surface area contributed by atoms with E-state index in [-0.39, 0.29) is 6.03 Å². The summed E-state index contributed by atoms with van der Waals surface area (Å²) in [5, 5.41) is 2.90. The standard InChI is InChI=1S/C7H16N2OSe2/c1-4-5-6-8-7(10)9(11-2)12-3/h4-6H2,1-3H3,(H,8,10). The second-order valence-electron chi connectivity index (χ2n) is 2.21. The van der Waals surface area contributed by atoms with Gasteiger partial charge in [-0.05, 0) is 0 Å². The molecule has 0 aliphatic heterocycles. The zero-order chi connectivity index (χ0) is 9.40. The molecule has 72 valence electrons. The molecule has 0 aromatic carbocycles. The molecule has 2 amide bonds. The second kappa shape index (κ2) is 7.93. The van der Waals surface area contributed by atoms with Gasteiger partial charge in [0, 0.05) is 0 Å². The summed E-state index contributed by atoms with van der Waals surface area (Å²) in [6.45, 7) is 2.94. The summed E-state index contributed by atoms with van der Waals surface area (Å²) in [6, 6.07) is 0.119. The van der Waals surface area contributed by atoms with Gasteiger partial charge in [0.25, 0.3) is 0 Å². The molecule has 0 saturated heterocycles. The van der Waals surface area contributed by atoms with Crippen molar-refractivity contribution in [3.63, 3.8) is 0 Å². The van der Waals surface area contributed by atoms with Crippen molar-refractivity contribution in [3.8, 4) is 0 Å². The van der Waals surface area contributed by atoms with Gasteiger partial charge < -0.3 is 0 Å². The Bertz CT molecular complexity index is 129. The summed E-state index contributed by atoms with van der Waals surface area (Å²) in [7, 11) is 0. The van der Waals surface area contributed by atoms with Crippen LogP contribution in [0.4, 0.5) is 4.79 Å². The van der Waals surface area contributed by atoms with Crippen LogP contribution >= 0.6 is 0 Å². The number of hydrogen-bond donors (Lipinski definition) is 1. The average molecular weight is 302 g/mol. The van der Waals surface area contributed by atoms with Gasteiger partial charge in [-0.1, -0.05) is 0 Å². The van der Waals surface area contributed by atoms with Gasteiger partial charge in [-0.2, -0.15) is 0 Å². The second-order valence-corrected chi connectivity index (χ2v) is 6.44. The van der Waals surface area contributed by atoms with Crippen LogP contribution < -0.4 is 5.32 Å². The maximum absolute atomic E-state index is 11.3. The number of rotatable bonds is 5. The Morgan fingerprint density at radius 2 is 2.00 bits per heavy atom. The summed E-state index contributed by atoms with van der Waals surface area (Å²) < 4.78 is 1.91. The third-order valence-electron chi connectivity index (χ3n) is 1.30. The number of hydrogen-bond acceptors (Lipinski definition) is 1. The van der Waals surface area contributed by atoms with Crippen LogP contribution in [0.1, 0.15) is 19.8 Å². The molecule has 0 heterocycles. The van der Waals surface area contributed by atoms with Gasteiger partial charge in [0.2, 0.25) is 0 Å². The first-order valence-electron chi connectivity index (χ1n) is 3.92. The van der Waals surface area contributed by atoms with E-state index in [0.717, 1.165) is 19.4 Å². The van der Waals surface area contributed by atoms with E-state index < -0.39 is 0 Å². The van der Waals surface area contributed by atoms with Crippen LogP contribution in [0.2, 0.25) is 11.6 Å². The van der Waals surface area contributed by atoms with Crippen LogP contribution in [0.3, 0.4) is 0 Å². The first kappa shape index (κ1) is 12.3. The quantitative estimate of drug-likeness (QED) is 0.599. The normalized spacial score (nSPS) is 9.58. The number of carbonyl (C=O) groups is 1. The third-order valence-corrected chi connectivity index (χ3v) is 6.64. The molecule has 0 aromatic rings. The number of unbranched alkanes of at least 4 members (excludes halogenated alkanes) is 1. The molecule has 0 saturated carbocycles. The molecule has 0 rings (SSSR count). The van der Waals surface area contributed by atoms with Crippen molar-refractivity contribution in [1.82, 2.24) is 8.25 Å². The minimum absolute atomic E-state index is 0.119. The van der Waals surface area contributed by atoms with Crippen molar-refractivity contribution >= 4 is 36.4 Å². The fourth-order valence-corrected chi connectivity index (χ4v) is 3.58. The van der Waals surface area contributed by atoms with Crippen molar-refractivity contribution < 1.29 is 4.79 Å². The van der Waals surface area contributed by atoms with E-state index in [1.165, 1.54) is 0 Å². The van der Waals surface area contributed by atoms with Gasteiger partial charge in [-0.25, -0.2) is 0 Å². The third kappa shape index (κ3) is 5.04. The molecule has 0 aliphatic rings. The predicted octanol–water partition coefficient (Wildman–Crippen LogP) is 1.13. The van der Waals surface area contributed by atoms with Crippen molar-refractivity contribution in [1.29, 1.82) is 0 Å². The van der Waals surface area contributed by atoms with Gasteiger partial charge in [-0.15, -0.1) is 0 Å². The van der Waals surface area contributed by atoms with Crippen LogP contribution in [-0.2, 0) is 0 Å². The Hall–Kier alpha value is 0.309. The summed E-state index contributed by atoms with van der Waals surface area (Å²) in [5.41, 5.74) is 0. The van der Waals surface area contributed by atoms with Crippen LogP contribution in [0.25, 0.3) is 0 Å². The summed E-state index contributed by atoms with van der Waals surface area (Å²) >= 11 is 0.621. The molecule has 0 aromatic heterocycles. The molecule has 3 nitrogen and oxygen atoms in total. The molecule has 0 spiro atoms. The van der Waals surface area contributed by atoms with E-state index in [4.69, 9.17) is 0 Å². The monoisotopic (exact) mass is 304 g/mol. The van der Waals surface area contributed by atoms with Crippen molar-refractivity contribution in [2.45, 2.75) is 31.4 Å². The van der Waals surface area contributed by atoms with E-state index in [9.17, 15) is 4.79 Å². The molecule has 1 N–H and O–H groups in total. The molecule has 0 aliphatic carbocycles. The molecule has 0 unspecified atom stereocenters. The topological polar surface area (TPSA) is 32.3 Å². The number of carbonyl (C=O) groups excluding carboxylic acids is 1. The van der Waals surface area contributed by atoms with E-state index in [1.54, 1.807) is 0 Å². The predicted molar refractivity (Wildman–Crippen MR) is 53.4 cm³/mol. The summed E-state index contributed by atoms with van der Waals surface area (Å²) in [5.74, 6) is 4.13. The molecule has 5 heteroatoms. The van der Waals surface area contributed by atoms with Gasteiger partial charge >= 0.3 is 87.4 Å². The van der Waals surface area contributed by atoms with E-state index in [0.29, 0.717) is 30.3 Å². The van der Waals surface area contributed by atoms with Crippen LogP contribution in [0.5, 0.6) is 0 Å². The zero-order valence-corrected chi connectivity index (χ0v) is 11.2. The van der Waals surface area contributed by atoms with Crippen LogP contribution in [-0.4, -0.2) is 45.9 Å². The van der Waals surface area contributed by atoms with Gasteiger partial charge in [0.05, 0.1) is 0 Å². The molecule has 0 radical (unpaired) electrons. The maximum atomic E-state index is 11.3. The number of nitrogens with zero attached hydrogens (tertiary/aromatic N) is 1. The molecule has 12 heavy (non-hydrogen) atoms. The van der Waals surface area contributed by atoms with Crippen molar-refractivity contribution in [2.24, 2.45) is 0 Å². The molecular formula is C7H16N2OSe2. The summed E-state index contributed by atoms with van der Waals surface area (Å²) in [4.78, 5) is 11.3. The zero-order valence-electron chi connectivity index (χ0n) is 7.79. The first-order valence-corrected chi connectivity index (χ1v) is 8.88. The Labute approximate surface area is 87.4 Å². The Kier molecular flexibility index (Phi) is 8.14. The number of nitrogens with one attached hydrogen (secondary N) is 1. The van der Waals surface area contributed by atoms with Crippen molar-refractivity contribution in [2.75, 3.05) is 6.54 Å². The fourth-order valence-electron chi connectivity index (χ4n) is 0.677. The fraction of sp³-hybridized carbons (Fsp3) is 0.857.